The third-order valence-corrected chi connectivity index (χ3v) is 3.57. The van der Waals surface area contributed by atoms with Crippen LogP contribution < -0.4 is 5.32 Å². The summed E-state index contributed by atoms with van der Waals surface area (Å²) < 4.78 is 55.0. The Labute approximate surface area is 114 Å². The SMILES string of the molecule is CC(=O)c1c(F)c(F)c(NC2CCCCC2)c(F)c1F. The highest BCUT2D eigenvalue weighted by atomic mass is 19.2. The molecular formula is C14H15F4NO. The van der Waals surface area contributed by atoms with Gasteiger partial charge in [0.25, 0.3) is 0 Å². The van der Waals surface area contributed by atoms with Gasteiger partial charge in [0.15, 0.2) is 29.1 Å². The lowest BCUT2D eigenvalue weighted by atomic mass is 9.95. The average molecular weight is 289 g/mol. The minimum atomic E-state index is -1.64. The van der Waals surface area contributed by atoms with Crippen molar-refractivity contribution in [3.63, 3.8) is 0 Å². The molecule has 1 N–H and O–H groups in total. The second kappa shape index (κ2) is 5.81. The van der Waals surface area contributed by atoms with Gasteiger partial charge in [-0.25, -0.2) is 17.6 Å². The Morgan fingerprint density at radius 2 is 1.45 bits per heavy atom. The molecule has 0 unspecified atom stereocenters. The molecular weight excluding hydrogens is 274 g/mol. The number of nitrogens with one attached hydrogen (secondary N) is 1. The number of benzene rings is 1. The Bertz CT molecular complexity index is 509. The smallest absolute Gasteiger partial charge is 0.185 e. The molecule has 20 heavy (non-hydrogen) atoms. The van der Waals surface area contributed by atoms with Crippen LogP contribution in [0.4, 0.5) is 23.2 Å². The van der Waals surface area contributed by atoms with Crippen LogP contribution in [0.15, 0.2) is 0 Å². The largest absolute Gasteiger partial charge is 0.377 e. The van der Waals surface area contributed by atoms with Crippen molar-refractivity contribution in [2.45, 2.75) is 45.1 Å². The molecule has 1 fully saturated rings. The van der Waals surface area contributed by atoms with Gasteiger partial charge in [0.2, 0.25) is 0 Å². The van der Waals surface area contributed by atoms with E-state index in [-0.39, 0.29) is 6.04 Å². The van der Waals surface area contributed by atoms with Gasteiger partial charge < -0.3 is 5.32 Å². The quantitative estimate of drug-likeness (QED) is 0.513. The average Bonchev–Trinajstić information content (AvgIpc) is 2.42. The van der Waals surface area contributed by atoms with E-state index >= 15 is 0 Å². The van der Waals surface area contributed by atoms with Gasteiger partial charge in [0, 0.05) is 6.04 Å². The summed E-state index contributed by atoms with van der Waals surface area (Å²) in [5, 5.41) is 2.52. The molecule has 1 aromatic rings. The maximum Gasteiger partial charge on any atom is 0.185 e. The van der Waals surface area contributed by atoms with Gasteiger partial charge in [0.05, 0.1) is 5.56 Å². The van der Waals surface area contributed by atoms with Crippen molar-refractivity contribution in [3.05, 3.63) is 28.8 Å². The van der Waals surface area contributed by atoms with Crippen LogP contribution in [0.25, 0.3) is 0 Å². The highest BCUT2D eigenvalue weighted by Gasteiger charge is 2.29. The zero-order valence-corrected chi connectivity index (χ0v) is 11.0. The van der Waals surface area contributed by atoms with Crippen LogP contribution in [0.3, 0.4) is 0 Å². The van der Waals surface area contributed by atoms with E-state index in [2.05, 4.69) is 5.32 Å². The Morgan fingerprint density at radius 3 is 1.90 bits per heavy atom. The number of hydrogen-bond donors (Lipinski definition) is 1. The molecule has 1 aliphatic carbocycles. The maximum atomic E-state index is 13.8. The summed E-state index contributed by atoms with van der Waals surface area (Å²) in [6.07, 6.45) is 4.22. The third kappa shape index (κ3) is 2.64. The van der Waals surface area contributed by atoms with Gasteiger partial charge in [-0.3, -0.25) is 4.79 Å². The van der Waals surface area contributed by atoms with Crippen LogP contribution in [0.5, 0.6) is 0 Å². The fourth-order valence-corrected chi connectivity index (χ4v) is 2.52. The first-order valence-electron chi connectivity index (χ1n) is 6.57. The molecule has 1 aliphatic rings. The molecule has 0 spiro atoms. The molecule has 0 bridgehead atoms. The summed E-state index contributed by atoms with van der Waals surface area (Å²) in [7, 11) is 0. The van der Waals surface area contributed by atoms with Crippen molar-refractivity contribution in [3.8, 4) is 0 Å². The lowest BCUT2D eigenvalue weighted by Crippen LogP contribution is -2.25. The van der Waals surface area contributed by atoms with E-state index < -0.39 is 40.3 Å². The van der Waals surface area contributed by atoms with Crippen LogP contribution >= 0.6 is 0 Å². The molecule has 2 rings (SSSR count). The summed E-state index contributed by atoms with van der Waals surface area (Å²) in [4.78, 5) is 11.1. The first kappa shape index (κ1) is 14.8. The predicted octanol–water partition coefficient (Wildman–Crippen LogP) is 4.19. The fraction of sp³-hybridized carbons (Fsp3) is 0.500. The van der Waals surface area contributed by atoms with Crippen LogP contribution in [-0.4, -0.2) is 11.8 Å². The van der Waals surface area contributed by atoms with E-state index in [4.69, 9.17) is 0 Å². The zero-order valence-electron chi connectivity index (χ0n) is 11.0. The van der Waals surface area contributed by atoms with Crippen LogP contribution in [0, 0.1) is 23.3 Å². The predicted molar refractivity (Wildman–Crippen MR) is 66.8 cm³/mol. The Balaban J connectivity index is 2.41. The molecule has 0 amide bonds. The van der Waals surface area contributed by atoms with E-state index in [1.165, 1.54) is 0 Å². The Morgan fingerprint density at radius 1 is 0.950 bits per heavy atom. The summed E-state index contributed by atoms with van der Waals surface area (Å²) in [6.45, 7) is 0.856. The Hall–Kier alpha value is -1.59. The molecule has 0 aliphatic heterocycles. The van der Waals surface area contributed by atoms with E-state index in [0.29, 0.717) is 12.8 Å². The van der Waals surface area contributed by atoms with E-state index in [1.54, 1.807) is 0 Å². The second-order valence-corrected chi connectivity index (χ2v) is 5.04. The maximum absolute atomic E-state index is 13.8. The molecule has 6 heteroatoms. The topological polar surface area (TPSA) is 29.1 Å². The number of carbonyl (C=O) groups excluding carboxylic acids is 1. The minimum Gasteiger partial charge on any atom is -0.377 e. The lowest BCUT2D eigenvalue weighted by molar-refractivity contribution is 0.100. The molecule has 0 aromatic heterocycles. The van der Waals surface area contributed by atoms with Crippen molar-refractivity contribution in [2.75, 3.05) is 5.32 Å². The molecule has 0 atom stereocenters. The van der Waals surface area contributed by atoms with Gasteiger partial charge in [-0.2, -0.15) is 0 Å². The van der Waals surface area contributed by atoms with Crippen LogP contribution in [0.2, 0.25) is 0 Å². The summed E-state index contributed by atoms with van der Waals surface area (Å²) in [6, 6.07) is -0.213. The van der Waals surface area contributed by atoms with Crippen molar-refractivity contribution in [1.29, 1.82) is 0 Å². The third-order valence-electron chi connectivity index (χ3n) is 3.57. The van der Waals surface area contributed by atoms with Gasteiger partial charge >= 0.3 is 0 Å². The van der Waals surface area contributed by atoms with E-state index in [9.17, 15) is 22.4 Å². The number of Topliss-reactive ketones (excluding diaryl/α,β-unsaturated/α-hetero) is 1. The molecule has 2 nitrogen and oxygen atoms in total. The van der Waals surface area contributed by atoms with Gasteiger partial charge in [-0.1, -0.05) is 19.3 Å². The molecule has 0 heterocycles. The van der Waals surface area contributed by atoms with Crippen molar-refractivity contribution in [1.82, 2.24) is 0 Å². The Kier molecular flexibility index (Phi) is 4.30. The van der Waals surface area contributed by atoms with Crippen LogP contribution in [-0.2, 0) is 0 Å². The van der Waals surface area contributed by atoms with Crippen molar-refractivity contribution < 1.29 is 22.4 Å². The standard InChI is InChI=1S/C14H15F4NO/c1-7(20)9-10(15)12(17)14(13(18)11(9)16)19-8-5-3-2-4-6-8/h8,19H,2-6H2,1H3. The van der Waals surface area contributed by atoms with Crippen molar-refractivity contribution >= 4 is 11.5 Å². The highest BCUT2D eigenvalue weighted by Crippen LogP contribution is 2.31. The van der Waals surface area contributed by atoms with Crippen LogP contribution in [0.1, 0.15) is 49.4 Å². The lowest BCUT2D eigenvalue weighted by Gasteiger charge is -2.24. The minimum absolute atomic E-state index is 0.213. The summed E-state index contributed by atoms with van der Waals surface area (Å²) in [5.74, 6) is -7.43. The van der Waals surface area contributed by atoms with Gasteiger partial charge in [0.1, 0.15) is 5.69 Å². The zero-order chi connectivity index (χ0) is 14.9. The van der Waals surface area contributed by atoms with Gasteiger partial charge in [-0.15, -0.1) is 0 Å². The summed E-state index contributed by atoms with van der Waals surface area (Å²) in [5.41, 5.74) is -1.99. The molecule has 0 saturated heterocycles. The second-order valence-electron chi connectivity index (χ2n) is 5.04. The fourth-order valence-electron chi connectivity index (χ4n) is 2.52. The first-order chi connectivity index (χ1) is 9.43. The monoisotopic (exact) mass is 289 g/mol. The molecule has 0 radical (unpaired) electrons. The highest BCUT2D eigenvalue weighted by molar-refractivity contribution is 5.95. The summed E-state index contributed by atoms with van der Waals surface area (Å²) >= 11 is 0. The van der Waals surface area contributed by atoms with E-state index in [0.717, 1.165) is 26.2 Å². The first-order valence-corrected chi connectivity index (χ1v) is 6.57. The molecule has 1 aromatic carbocycles. The normalized spacial score (nSPS) is 16.2. The van der Waals surface area contributed by atoms with Gasteiger partial charge in [-0.05, 0) is 19.8 Å². The number of hydrogen-bond acceptors (Lipinski definition) is 2. The van der Waals surface area contributed by atoms with E-state index in [1.807, 2.05) is 0 Å². The molecule has 110 valence electrons. The number of ketones is 1. The number of carbonyl (C=O) groups is 1. The number of anilines is 1. The number of halogens is 4. The van der Waals surface area contributed by atoms with Crippen molar-refractivity contribution in [2.24, 2.45) is 0 Å². The number of rotatable bonds is 3. The molecule has 1 saturated carbocycles.